The molecule has 4 heteroatoms. The zero-order chi connectivity index (χ0) is 12.1. The van der Waals surface area contributed by atoms with E-state index in [0.717, 1.165) is 11.6 Å². The van der Waals surface area contributed by atoms with Gasteiger partial charge in [0, 0.05) is 23.5 Å². The summed E-state index contributed by atoms with van der Waals surface area (Å²) in [5.74, 6) is -0.419. The molecule has 2 rings (SSSR count). The van der Waals surface area contributed by atoms with Gasteiger partial charge in [0.15, 0.2) is 11.6 Å². The Morgan fingerprint density at radius 1 is 1.35 bits per heavy atom. The standard InChI is InChI=1S/C13H10FNO2/c14-12-6-10(8-16)3-4-13(12)17-9-11-2-1-5-15-7-11/h1-8H,9H2. The molecule has 0 aliphatic rings. The molecule has 3 nitrogen and oxygen atoms in total. The van der Waals surface area contributed by atoms with Gasteiger partial charge >= 0.3 is 0 Å². The van der Waals surface area contributed by atoms with Crippen molar-refractivity contribution in [2.24, 2.45) is 0 Å². The number of ether oxygens (including phenoxy) is 1. The number of benzene rings is 1. The summed E-state index contributed by atoms with van der Waals surface area (Å²) in [5.41, 5.74) is 1.14. The predicted molar refractivity (Wildman–Crippen MR) is 60.4 cm³/mol. The predicted octanol–water partition coefficient (Wildman–Crippen LogP) is 2.61. The average molecular weight is 231 g/mol. The SMILES string of the molecule is O=Cc1ccc(OCc2cccnc2)c(F)c1. The quantitative estimate of drug-likeness (QED) is 0.759. The van der Waals surface area contributed by atoms with Gasteiger partial charge in [-0.2, -0.15) is 0 Å². The second-order valence-corrected chi connectivity index (χ2v) is 3.46. The number of hydrogen-bond donors (Lipinski definition) is 0. The van der Waals surface area contributed by atoms with E-state index in [1.165, 1.54) is 12.1 Å². The van der Waals surface area contributed by atoms with Crippen molar-refractivity contribution in [3.63, 3.8) is 0 Å². The Kier molecular flexibility index (Phi) is 3.45. The Hall–Kier alpha value is -2.23. The van der Waals surface area contributed by atoms with E-state index in [1.807, 2.05) is 6.07 Å². The van der Waals surface area contributed by atoms with Crippen LogP contribution >= 0.6 is 0 Å². The van der Waals surface area contributed by atoms with E-state index in [1.54, 1.807) is 18.5 Å². The van der Waals surface area contributed by atoms with Gasteiger partial charge in [0.25, 0.3) is 0 Å². The van der Waals surface area contributed by atoms with Crippen molar-refractivity contribution >= 4 is 6.29 Å². The van der Waals surface area contributed by atoms with Gasteiger partial charge in [-0.1, -0.05) is 6.07 Å². The number of aldehydes is 1. The first-order chi connectivity index (χ1) is 8.29. The molecule has 2 aromatic rings. The van der Waals surface area contributed by atoms with Crippen LogP contribution in [0.5, 0.6) is 5.75 Å². The normalized spacial score (nSPS) is 9.94. The molecule has 0 aliphatic heterocycles. The van der Waals surface area contributed by atoms with Gasteiger partial charge in [-0.15, -0.1) is 0 Å². The van der Waals surface area contributed by atoms with Gasteiger partial charge in [0.2, 0.25) is 0 Å². The Bertz CT molecular complexity index is 514. The summed E-state index contributed by atoms with van der Waals surface area (Å²) in [6.45, 7) is 0.241. The average Bonchev–Trinajstić information content (AvgIpc) is 2.38. The summed E-state index contributed by atoms with van der Waals surface area (Å²) >= 11 is 0. The van der Waals surface area contributed by atoms with Crippen molar-refractivity contribution in [3.8, 4) is 5.75 Å². The summed E-state index contributed by atoms with van der Waals surface area (Å²) in [5, 5.41) is 0. The largest absolute Gasteiger partial charge is 0.486 e. The molecule has 1 aromatic heterocycles. The van der Waals surface area contributed by atoms with E-state index in [4.69, 9.17) is 4.74 Å². The maximum absolute atomic E-state index is 13.4. The fraction of sp³-hybridized carbons (Fsp3) is 0.0769. The summed E-state index contributed by atoms with van der Waals surface area (Å²) in [7, 11) is 0. The van der Waals surface area contributed by atoms with Gasteiger partial charge in [-0.3, -0.25) is 9.78 Å². The number of carbonyl (C=O) groups is 1. The summed E-state index contributed by atoms with van der Waals surface area (Å²) in [6, 6.07) is 7.71. The lowest BCUT2D eigenvalue weighted by Crippen LogP contribution is -1.98. The molecular formula is C13H10FNO2. The fourth-order valence-corrected chi connectivity index (χ4v) is 1.35. The van der Waals surface area contributed by atoms with Crippen molar-refractivity contribution < 1.29 is 13.9 Å². The molecule has 0 radical (unpaired) electrons. The minimum absolute atomic E-state index is 0.124. The van der Waals surface area contributed by atoms with Crippen molar-refractivity contribution in [2.45, 2.75) is 6.61 Å². The highest BCUT2D eigenvalue weighted by Gasteiger charge is 2.04. The van der Waals surface area contributed by atoms with Crippen LogP contribution in [0, 0.1) is 5.82 Å². The number of rotatable bonds is 4. The fourth-order valence-electron chi connectivity index (χ4n) is 1.35. The minimum atomic E-state index is -0.543. The van der Waals surface area contributed by atoms with Gasteiger partial charge < -0.3 is 4.74 Å². The van der Waals surface area contributed by atoms with Gasteiger partial charge in [-0.05, 0) is 24.3 Å². The molecule has 0 unspecified atom stereocenters. The topological polar surface area (TPSA) is 39.2 Å². The number of carbonyl (C=O) groups excluding carboxylic acids is 1. The smallest absolute Gasteiger partial charge is 0.165 e. The molecular weight excluding hydrogens is 221 g/mol. The maximum Gasteiger partial charge on any atom is 0.165 e. The molecule has 0 aliphatic carbocycles. The zero-order valence-corrected chi connectivity index (χ0v) is 8.97. The Morgan fingerprint density at radius 3 is 2.88 bits per heavy atom. The van der Waals surface area contributed by atoms with Gasteiger partial charge in [0.1, 0.15) is 12.9 Å². The Morgan fingerprint density at radius 2 is 2.24 bits per heavy atom. The van der Waals surface area contributed by atoms with Crippen LogP contribution in [-0.4, -0.2) is 11.3 Å². The Balaban J connectivity index is 2.07. The second-order valence-electron chi connectivity index (χ2n) is 3.46. The van der Waals surface area contributed by atoms with Crippen molar-refractivity contribution in [2.75, 3.05) is 0 Å². The highest BCUT2D eigenvalue weighted by atomic mass is 19.1. The molecule has 0 bridgehead atoms. The number of aromatic nitrogens is 1. The number of halogens is 1. The number of hydrogen-bond acceptors (Lipinski definition) is 3. The molecule has 0 atom stereocenters. The molecule has 0 fully saturated rings. The van der Waals surface area contributed by atoms with E-state index in [2.05, 4.69) is 4.98 Å². The molecule has 86 valence electrons. The third-order valence-corrected chi connectivity index (χ3v) is 2.21. The third-order valence-electron chi connectivity index (χ3n) is 2.21. The molecule has 0 amide bonds. The van der Waals surface area contributed by atoms with Crippen LogP contribution in [0.15, 0.2) is 42.7 Å². The third kappa shape index (κ3) is 2.87. The van der Waals surface area contributed by atoms with Crippen LogP contribution in [0.1, 0.15) is 15.9 Å². The lowest BCUT2D eigenvalue weighted by atomic mass is 10.2. The van der Waals surface area contributed by atoms with E-state index in [9.17, 15) is 9.18 Å². The summed E-state index contributed by atoms with van der Waals surface area (Å²) in [4.78, 5) is 14.4. The molecule has 17 heavy (non-hydrogen) atoms. The van der Waals surface area contributed by atoms with Crippen LogP contribution < -0.4 is 4.74 Å². The number of nitrogens with zero attached hydrogens (tertiary/aromatic N) is 1. The zero-order valence-electron chi connectivity index (χ0n) is 8.97. The van der Waals surface area contributed by atoms with Crippen LogP contribution in [0.3, 0.4) is 0 Å². The molecule has 1 heterocycles. The van der Waals surface area contributed by atoms with Crippen LogP contribution in [-0.2, 0) is 6.61 Å². The van der Waals surface area contributed by atoms with Crippen LogP contribution in [0.4, 0.5) is 4.39 Å². The molecule has 0 saturated carbocycles. The first-order valence-corrected chi connectivity index (χ1v) is 5.06. The second kappa shape index (κ2) is 5.21. The van der Waals surface area contributed by atoms with E-state index >= 15 is 0 Å². The first kappa shape index (κ1) is 11.3. The summed E-state index contributed by atoms with van der Waals surface area (Å²) < 4.78 is 18.7. The highest BCUT2D eigenvalue weighted by molar-refractivity contribution is 5.74. The van der Waals surface area contributed by atoms with E-state index < -0.39 is 5.82 Å². The lowest BCUT2D eigenvalue weighted by molar-refractivity contribution is 0.112. The van der Waals surface area contributed by atoms with Crippen LogP contribution in [0.25, 0.3) is 0 Å². The lowest BCUT2D eigenvalue weighted by Gasteiger charge is -2.07. The van der Waals surface area contributed by atoms with Gasteiger partial charge in [0.05, 0.1) is 0 Å². The van der Waals surface area contributed by atoms with E-state index in [-0.39, 0.29) is 17.9 Å². The molecule has 0 N–H and O–H groups in total. The highest BCUT2D eigenvalue weighted by Crippen LogP contribution is 2.18. The van der Waals surface area contributed by atoms with Crippen molar-refractivity contribution in [3.05, 3.63) is 59.7 Å². The first-order valence-electron chi connectivity index (χ1n) is 5.06. The molecule has 1 aromatic carbocycles. The van der Waals surface area contributed by atoms with Crippen LogP contribution in [0.2, 0.25) is 0 Å². The van der Waals surface area contributed by atoms with E-state index in [0.29, 0.717) is 6.29 Å². The number of pyridine rings is 1. The molecule has 0 spiro atoms. The molecule has 0 saturated heterocycles. The van der Waals surface area contributed by atoms with Crippen molar-refractivity contribution in [1.29, 1.82) is 0 Å². The maximum atomic E-state index is 13.4. The minimum Gasteiger partial charge on any atom is -0.486 e. The van der Waals surface area contributed by atoms with Crippen molar-refractivity contribution in [1.82, 2.24) is 4.98 Å². The van der Waals surface area contributed by atoms with Gasteiger partial charge in [-0.25, -0.2) is 4.39 Å². The Labute approximate surface area is 97.9 Å². The monoisotopic (exact) mass is 231 g/mol. The summed E-state index contributed by atoms with van der Waals surface area (Å²) in [6.07, 6.45) is 3.90.